The van der Waals surface area contributed by atoms with Crippen molar-refractivity contribution in [2.75, 3.05) is 42.7 Å². The number of benzene rings is 2. The van der Waals surface area contributed by atoms with Crippen LogP contribution in [0.1, 0.15) is 0 Å². The van der Waals surface area contributed by atoms with Crippen LogP contribution in [0.15, 0.2) is 27.4 Å². The molecule has 2 aromatic carbocycles. The second kappa shape index (κ2) is 8.62. The van der Waals surface area contributed by atoms with E-state index in [1.54, 1.807) is 18.2 Å². The molecule has 8 nitrogen and oxygen atoms in total. The molecule has 1 aromatic heterocycles. The van der Waals surface area contributed by atoms with Gasteiger partial charge in [0, 0.05) is 5.56 Å². The number of hydrogen-bond acceptors (Lipinski definition) is 8. The van der Waals surface area contributed by atoms with Crippen molar-refractivity contribution in [2.24, 2.45) is 0 Å². The van der Waals surface area contributed by atoms with Crippen LogP contribution < -0.4 is 33.8 Å². The fourth-order valence-electron chi connectivity index (χ4n) is 3.21. The van der Waals surface area contributed by atoms with E-state index in [-0.39, 0.29) is 44.8 Å². The van der Waals surface area contributed by atoms with Crippen LogP contribution in [0.2, 0.25) is 5.02 Å². The van der Waals surface area contributed by atoms with Gasteiger partial charge in [-0.1, -0.05) is 11.6 Å². The maximum atomic E-state index is 13.4. The molecule has 9 heteroatoms. The van der Waals surface area contributed by atoms with Gasteiger partial charge in [0.15, 0.2) is 40.1 Å². The number of ether oxygens (including phenoxy) is 6. The van der Waals surface area contributed by atoms with E-state index in [9.17, 15) is 4.79 Å². The van der Waals surface area contributed by atoms with E-state index >= 15 is 0 Å². The molecule has 3 aromatic rings. The fourth-order valence-corrected chi connectivity index (χ4v) is 3.54. The van der Waals surface area contributed by atoms with Crippen molar-refractivity contribution in [3.63, 3.8) is 0 Å². The lowest BCUT2D eigenvalue weighted by Crippen LogP contribution is -2.10. The van der Waals surface area contributed by atoms with Crippen LogP contribution in [0.3, 0.4) is 0 Å². The topological polar surface area (TPSA) is 85.6 Å². The maximum absolute atomic E-state index is 13.4. The summed E-state index contributed by atoms with van der Waals surface area (Å²) >= 11 is 6.42. The summed E-state index contributed by atoms with van der Waals surface area (Å²) in [5.74, 6) is 1.51. The van der Waals surface area contributed by atoms with Gasteiger partial charge in [-0.3, -0.25) is 4.79 Å². The molecule has 0 aliphatic rings. The molecule has 1 heterocycles. The van der Waals surface area contributed by atoms with Crippen molar-refractivity contribution in [3.8, 4) is 45.8 Å². The Labute approximate surface area is 177 Å². The molecular formula is C21H21ClO8. The highest BCUT2D eigenvalue weighted by molar-refractivity contribution is 6.35. The molecule has 0 saturated carbocycles. The summed E-state index contributed by atoms with van der Waals surface area (Å²) in [6.07, 6.45) is 0. The molecule has 0 fully saturated rings. The second-order valence-corrected chi connectivity index (χ2v) is 6.36. The molecule has 0 aliphatic heterocycles. The highest BCUT2D eigenvalue weighted by Crippen LogP contribution is 2.49. The maximum Gasteiger partial charge on any atom is 0.239 e. The van der Waals surface area contributed by atoms with Crippen LogP contribution in [0.5, 0.6) is 34.5 Å². The molecule has 0 spiro atoms. The van der Waals surface area contributed by atoms with Crippen molar-refractivity contribution in [1.29, 1.82) is 0 Å². The minimum atomic E-state index is -0.478. The Morgan fingerprint density at radius 1 is 0.733 bits per heavy atom. The van der Waals surface area contributed by atoms with Crippen molar-refractivity contribution in [1.82, 2.24) is 0 Å². The molecule has 160 valence electrons. The first-order valence-electron chi connectivity index (χ1n) is 8.71. The zero-order chi connectivity index (χ0) is 22.0. The Bertz CT molecular complexity index is 1150. The van der Waals surface area contributed by atoms with Crippen LogP contribution in [0, 0.1) is 0 Å². The van der Waals surface area contributed by atoms with Crippen molar-refractivity contribution < 1.29 is 32.8 Å². The average molecular weight is 437 g/mol. The SMILES string of the molecule is COc1ccc(-c2oc3c(OC)c(Cl)c(OC)c(OC)c3c(=O)c2OC)cc1OC. The molecule has 0 radical (unpaired) electrons. The van der Waals surface area contributed by atoms with Gasteiger partial charge in [-0.05, 0) is 18.2 Å². The molecule has 30 heavy (non-hydrogen) atoms. The van der Waals surface area contributed by atoms with E-state index in [4.69, 9.17) is 44.4 Å². The fraction of sp³-hybridized carbons (Fsp3) is 0.286. The Morgan fingerprint density at radius 2 is 1.33 bits per heavy atom. The van der Waals surface area contributed by atoms with E-state index < -0.39 is 5.43 Å². The summed E-state index contributed by atoms with van der Waals surface area (Å²) in [5.41, 5.74) is 0.140. The van der Waals surface area contributed by atoms with Gasteiger partial charge in [0.1, 0.15) is 10.4 Å². The molecular weight excluding hydrogens is 416 g/mol. The summed E-state index contributed by atoms with van der Waals surface area (Å²) < 4.78 is 38.3. The summed E-state index contributed by atoms with van der Waals surface area (Å²) in [5, 5.41) is 0.188. The number of methoxy groups -OCH3 is 6. The molecule has 0 unspecified atom stereocenters. The van der Waals surface area contributed by atoms with E-state index in [1.165, 1.54) is 42.7 Å². The van der Waals surface area contributed by atoms with Crippen LogP contribution >= 0.6 is 11.6 Å². The van der Waals surface area contributed by atoms with Crippen molar-refractivity contribution in [2.45, 2.75) is 0 Å². The van der Waals surface area contributed by atoms with E-state index in [0.717, 1.165) is 0 Å². The van der Waals surface area contributed by atoms with E-state index in [2.05, 4.69) is 0 Å². The van der Waals surface area contributed by atoms with Gasteiger partial charge in [0.05, 0.1) is 42.7 Å². The normalized spacial score (nSPS) is 10.6. The first-order valence-corrected chi connectivity index (χ1v) is 9.09. The summed E-state index contributed by atoms with van der Waals surface area (Å²) in [6.45, 7) is 0. The largest absolute Gasteiger partial charge is 0.493 e. The van der Waals surface area contributed by atoms with Gasteiger partial charge >= 0.3 is 0 Å². The number of fused-ring (bicyclic) bond motifs is 1. The van der Waals surface area contributed by atoms with Crippen LogP contribution in [0.25, 0.3) is 22.3 Å². The third kappa shape index (κ3) is 3.23. The zero-order valence-corrected chi connectivity index (χ0v) is 18.1. The quantitative estimate of drug-likeness (QED) is 0.545. The summed E-state index contributed by atoms with van der Waals surface area (Å²) in [7, 11) is 8.63. The predicted octanol–water partition coefficient (Wildman–Crippen LogP) is 4.17. The minimum absolute atomic E-state index is 0.0283. The molecule has 0 bridgehead atoms. The standard InChI is InChI=1S/C21H21ClO8/c1-24-11-8-7-10(9-12(11)25-2)16-21(29-6)15(23)13-17(26-3)19(27-4)14(22)20(28-5)18(13)30-16/h7-9H,1-6H3. The lowest BCUT2D eigenvalue weighted by molar-refractivity contribution is 0.349. The smallest absolute Gasteiger partial charge is 0.239 e. The van der Waals surface area contributed by atoms with Gasteiger partial charge in [-0.25, -0.2) is 0 Å². The Balaban J connectivity index is 2.48. The molecule has 0 aliphatic carbocycles. The molecule has 0 saturated heterocycles. The average Bonchev–Trinajstić information content (AvgIpc) is 2.77. The van der Waals surface area contributed by atoms with Gasteiger partial charge in [0.25, 0.3) is 0 Å². The molecule has 0 amide bonds. The van der Waals surface area contributed by atoms with Gasteiger partial charge in [-0.2, -0.15) is 0 Å². The van der Waals surface area contributed by atoms with Crippen molar-refractivity contribution in [3.05, 3.63) is 33.4 Å². The predicted molar refractivity (Wildman–Crippen MR) is 112 cm³/mol. The highest BCUT2D eigenvalue weighted by Gasteiger charge is 2.29. The first-order chi connectivity index (χ1) is 14.5. The zero-order valence-electron chi connectivity index (χ0n) is 17.4. The lowest BCUT2D eigenvalue weighted by atomic mass is 10.1. The number of halogens is 1. The first kappa shape index (κ1) is 21.4. The van der Waals surface area contributed by atoms with Gasteiger partial charge in [0.2, 0.25) is 11.2 Å². The molecule has 3 rings (SSSR count). The molecule has 0 atom stereocenters. The Hall–Kier alpha value is -3.26. The number of rotatable bonds is 7. The van der Waals surface area contributed by atoms with Gasteiger partial charge in [-0.15, -0.1) is 0 Å². The van der Waals surface area contributed by atoms with E-state index in [1.807, 2.05) is 0 Å². The van der Waals surface area contributed by atoms with Crippen molar-refractivity contribution >= 4 is 22.6 Å². The summed E-state index contributed by atoms with van der Waals surface area (Å²) in [6, 6.07) is 5.07. The summed E-state index contributed by atoms with van der Waals surface area (Å²) in [4.78, 5) is 13.4. The highest BCUT2D eigenvalue weighted by atomic mass is 35.5. The van der Waals surface area contributed by atoms with Crippen LogP contribution in [0.4, 0.5) is 0 Å². The number of hydrogen-bond donors (Lipinski definition) is 0. The third-order valence-electron chi connectivity index (χ3n) is 4.57. The Kier molecular flexibility index (Phi) is 6.17. The monoisotopic (exact) mass is 436 g/mol. The second-order valence-electron chi connectivity index (χ2n) is 5.98. The van der Waals surface area contributed by atoms with Crippen LogP contribution in [-0.4, -0.2) is 42.7 Å². The lowest BCUT2D eigenvalue weighted by Gasteiger charge is -2.17. The van der Waals surface area contributed by atoms with E-state index in [0.29, 0.717) is 17.1 Å². The molecule has 0 N–H and O–H groups in total. The van der Waals surface area contributed by atoms with Crippen LogP contribution in [-0.2, 0) is 0 Å². The van der Waals surface area contributed by atoms with Gasteiger partial charge < -0.3 is 32.8 Å². The minimum Gasteiger partial charge on any atom is -0.493 e. The third-order valence-corrected chi connectivity index (χ3v) is 4.91. The Morgan fingerprint density at radius 3 is 1.87 bits per heavy atom.